The van der Waals surface area contributed by atoms with Gasteiger partial charge in [-0.25, -0.2) is 4.79 Å². The molecule has 1 saturated heterocycles. The minimum Gasteiger partial charge on any atom is -0.423 e. The van der Waals surface area contributed by atoms with Crippen molar-refractivity contribution in [1.82, 2.24) is 9.88 Å². The van der Waals surface area contributed by atoms with Gasteiger partial charge in [-0.2, -0.15) is 0 Å². The lowest BCUT2D eigenvalue weighted by atomic mass is 9.81. The van der Waals surface area contributed by atoms with Crippen LogP contribution in [0.5, 0.6) is 5.75 Å². The number of likely N-dealkylation sites (tertiary alicyclic amines) is 1. The zero-order valence-electron chi connectivity index (χ0n) is 18.1. The number of imide groups is 1. The molecule has 2 heterocycles. The number of hydrogen-bond donors (Lipinski definition) is 0. The highest BCUT2D eigenvalue weighted by Crippen LogP contribution is 2.56. The molecule has 2 aromatic carbocycles. The van der Waals surface area contributed by atoms with Gasteiger partial charge < -0.3 is 4.74 Å². The Balaban J connectivity index is 1.35. The van der Waals surface area contributed by atoms with Crippen molar-refractivity contribution in [2.24, 2.45) is 23.7 Å². The maximum absolute atomic E-state index is 13.5. The Labute approximate surface area is 191 Å². The number of para-hydroxylation sites is 1. The summed E-state index contributed by atoms with van der Waals surface area (Å²) >= 11 is 0. The van der Waals surface area contributed by atoms with Crippen molar-refractivity contribution in [3.63, 3.8) is 0 Å². The van der Waals surface area contributed by atoms with Gasteiger partial charge in [0, 0.05) is 18.0 Å². The number of rotatable bonds is 5. The van der Waals surface area contributed by atoms with Crippen LogP contribution in [0.1, 0.15) is 24.8 Å². The van der Waals surface area contributed by atoms with E-state index in [2.05, 4.69) is 4.98 Å². The first-order chi connectivity index (χ1) is 16.1. The number of esters is 1. The summed E-state index contributed by atoms with van der Waals surface area (Å²) in [5.41, 5.74) is 1.44. The summed E-state index contributed by atoms with van der Waals surface area (Å²) in [4.78, 5) is 46.1. The molecule has 3 aromatic rings. The SMILES string of the molecule is O=C(Oc1cccc2cccnc12)[C@H](Cc1ccccc1)N1C(=O)[C@@H]2[C@H]3CC[C@@H](C3)[C@@H]2C1=O. The van der Waals surface area contributed by atoms with Crippen LogP contribution in [0.15, 0.2) is 66.9 Å². The molecule has 2 aliphatic carbocycles. The summed E-state index contributed by atoms with van der Waals surface area (Å²) in [6, 6.07) is 17.6. The molecule has 6 rings (SSSR count). The Bertz CT molecular complexity index is 1220. The van der Waals surface area contributed by atoms with Gasteiger partial charge in [0.2, 0.25) is 11.8 Å². The van der Waals surface area contributed by atoms with Gasteiger partial charge in [0.1, 0.15) is 11.6 Å². The van der Waals surface area contributed by atoms with Crippen LogP contribution in [0, 0.1) is 23.7 Å². The lowest BCUT2D eigenvalue weighted by Crippen LogP contribution is -2.49. The Kier molecular flexibility index (Phi) is 4.75. The predicted molar refractivity (Wildman–Crippen MR) is 121 cm³/mol. The van der Waals surface area contributed by atoms with Gasteiger partial charge in [-0.3, -0.25) is 19.5 Å². The van der Waals surface area contributed by atoms with Crippen molar-refractivity contribution in [3.8, 4) is 5.75 Å². The maximum atomic E-state index is 13.5. The summed E-state index contributed by atoms with van der Waals surface area (Å²) < 4.78 is 5.81. The average molecular weight is 440 g/mol. The van der Waals surface area contributed by atoms with Crippen LogP contribution in [0.2, 0.25) is 0 Å². The first-order valence-corrected chi connectivity index (χ1v) is 11.6. The zero-order chi connectivity index (χ0) is 22.5. The number of nitrogens with zero attached hydrogens (tertiary/aromatic N) is 2. The van der Waals surface area contributed by atoms with Gasteiger partial charge in [-0.15, -0.1) is 0 Å². The van der Waals surface area contributed by atoms with E-state index in [4.69, 9.17) is 4.74 Å². The highest BCUT2D eigenvalue weighted by atomic mass is 16.5. The summed E-state index contributed by atoms with van der Waals surface area (Å²) in [6.07, 6.45) is 4.81. The monoisotopic (exact) mass is 440 g/mol. The van der Waals surface area contributed by atoms with Gasteiger partial charge in [0.05, 0.1) is 11.8 Å². The Morgan fingerprint density at radius 1 is 0.939 bits per heavy atom. The largest absolute Gasteiger partial charge is 0.423 e. The molecule has 166 valence electrons. The summed E-state index contributed by atoms with van der Waals surface area (Å²) in [7, 11) is 0. The molecule has 0 radical (unpaired) electrons. The minimum absolute atomic E-state index is 0.203. The van der Waals surface area contributed by atoms with Gasteiger partial charge in [-0.05, 0) is 48.8 Å². The van der Waals surface area contributed by atoms with E-state index in [9.17, 15) is 14.4 Å². The van der Waals surface area contributed by atoms with Crippen LogP contribution in [0.4, 0.5) is 0 Å². The van der Waals surface area contributed by atoms with E-state index < -0.39 is 12.0 Å². The molecule has 0 unspecified atom stereocenters. The molecule has 0 spiro atoms. The summed E-state index contributed by atoms with van der Waals surface area (Å²) in [5.74, 6) is -0.712. The molecule has 3 aliphatic rings. The fourth-order valence-corrected chi connectivity index (χ4v) is 6.19. The van der Waals surface area contributed by atoms with Crippen LogP contribution in [-0.4, -0.2) is 33.7 Å². The third-order valence-electron chi connectivity index (χ3n) is 7.62. The number of ether oxygens (including phenoxy) is 1. The first-order valence-electron chi connectivity index (χ1n) is 11.6. The summed E-state index contributed by atoms with van der Waals surface area (Å²) in [5, 5.41) is 0.849. The van der Waals surface area contributed by atoms with Crippen LogP contribution >= 0.6 is 0 Å². The molecule has 2 bridgehead atoms. The van der Waals surface area contributed by atoms with Crippen molar-refractivity contribution in [1.29, 1.82) is 0 Å². The number of hydrogen-bond acceptors (Lipinski definition) is 5. The molecule has 0 N–H and O–H groups in total. The lowest BCUT2D eigenvalue weighted by Gasteiger charge is -2.26. The van der Waals surface area contributed by atoms with Crippen molar-refractivity contribution in [2.75, 3.05) is 0 Å². The predicted octanol–water partition coefficient (Wildman–Crippen LogP) is 3.78. The third-order valence-corrected chi connectivity index (χ3v) is 7.62. The van der Waals surface area contributed by atoms with E-state index in [0.29, 0.717) is 11.3 Å². The second kappa shape index (κ2) is 7.80. The Hall–Kier alpha value is -3.54. The molecular formula is C27H24N2O4. The number of pyridine rings is 1. The van der Waals surface area contributed by atoms with Crippen LogP contribution in [0.25, 0.3) is 10.9 Å². The molecule has 2 amide bonds. The zero-order valence-corrected chi connectivity index (χ0v) is 18.1. The van der Waals surface area contributed by atoms with Crippen LogP contribution in [-0.2, 0) is 20.8 Å². The fraction of sp³-hybridized carbons (Fsp3) is 0.333. The van der Waals surface area contributed by atoms with Gasteiger partial charge in [0.25, 0.3) is 0 Å². The van der Waals surface area contributed by atoms with Crippen molar-refractivity contribution in [2.45, 2.75) is 31.7 Å². The van der Waals surface area contributed by atoms with Gasteiger partial charge >= 0.3 is 5.97 Å². The van der Waals surface area contributed by atoms with E-state index >= 15 is 0 Å². The van der Waals surface area contributed by atoms with Crippen LogP contribution < -0.4 is 4.74 Å². The number of carbonyl (C=O) groups is 3. The molecule has 1 aliphatic heterocycles. The Morgan fingerprint density at radius 2 is 1.64 bits per heavy atom. The standard InChI is InChI=1S/C27H24N2O4/c30-25-22-18-11-12-19(15-18)23(22)26(31)29(25)20(14-16-6-2-1-3-7-16)27(32)33-21-10-4-8-17-9-5-13-28-24(17)21/h1-10,13,18-20,22-23H,11-12,14-15H2/t18-,19-,20-,22-,23+/m0/s1. The first kappa shape index (κ1) is 20.1. The number of amides is 2. The maximum Gasteiger partial charge on any atom is 0.335 e. The third kappa shape index (κ3) is 3.24. The number of carbonyl (C=O) groups excluding carboxylic acids is 3. The highest BCUT2D eigenvalue weighted by Gasteiger charge is 2.62. The molecular weight excluding hydrogens is 416 g/mol. The van der Waals surface area contributed by atoms with Crippen LogP contribution in [0.3, 0.4) is 0 Å². The van der Waals surface area contributed by atoms with E-state index in [-0.39, 0.29) is 41.9 Å². The molecule has 33 heavy (non-hydrogen) atoms. The normalized spacial score (nSPS) is 26.6. The Morgan fingerprint density at radius 3 is 2.36 bits per heavy atom. The van der Waals surface area contributed by atoms with Crippen molar-refractivity contribution >= 4 is 28.7 Å². The van der Waals surface area contributed by atoms with E-state index in [0.717, 1.165) is 30.2 Å². The molecule has 6 nitrogen and oxygen atoms in total. The van der Waals surface area contributed by atoms with Crippen molar-refractivity contribution in [3.05, 3.63) is 72.4 Å². The average Bonchev–Trinajstić information content (AvgIpc) is 3.52. The fourth-order valence-electron chi connectivity index (χ4n) is 6.19. The van der Waals surface area contributed by atoms with Gasteiger partial charge in [-0.1, -0.05) is 48.5 Å². The molecule has 1 aromatic heterocycles. The molecule has 5 atom stereocenters. The number of fused-ring (bicyclic) bond motifs is 6. The molecule has 3 fully saturated rings. The molecule has 2 saturated carbocycles. The topological polar surface area (TPSA) is 76.6 Å². The minimum atomic E-state index is -1.00. The summed E-state index contributed by atoms with van der Waals surface area (Å²) in [6.45, 7) is 0. The second-order valence-electron chi connectivity index (χ2n) is 9.39. The smallest absolute Gasteiger partial charge is 0.335 e. The lowest BCUT2D eigenvalue weighted by molar-refractivity contribution is -0.154. The van der Waals surface area contributed by atoms with E-state index in [1.165, 1.54) is 4.90 Å². The molecule has 6 heteroatoms. The number of aromatic nitrogens is 1. The highest BCUT2D eigenvalue weighted by molar-refractivity contribution is 6.09. The van der Waals surface area contributed by atoms with Crippen molar-refractivity contribution < 1.29 is 19.1 Å². The second-order valence-corrected chi connectivity index (χ2v) is 9.39. The van der Waals surface area contributed by atoms with E-state index in [1.807, 2.05) is 48.5 Å². The van der Waals surface area contributed by atoms with Gasteiger partial charge in [0.15, 0.2) is 5.75 Å². The quantitative estimate of drug-likeness (QED) is 0.343. The van der Waals surface area contributed by atoms with E-state index in [1.54, 1.807) is 18.3 Å². The number of benzene rings is 2.